The van der Waals surface area contributed by atoms with Crippen LogP contribution in [0.5, 0.6) is 0 Å². The van der Waals surface area contributed by atoms with Gasteiger partial charge in [-0.3, -0.25) is 0 Å². The van der Waals surface area contributed by atoms with Gasteiger partial charge in [-0.05, 0) is 42.0 Å². The molecule has 0 aliphatic carbocycles. The second-order valence-electron chi connectivity index (χ2n) is 4.56. The first-order valence-electron chi connectivity index (χ1n) is 5.85. The van der Waals surface area contributed by atoms with Gasteiger partial charge in [0.1, 0.15) is 0 Å². The number of hydrogen-bond donors (Lipinski definition) is 1. The lowest BCUT2D eigenvalue weighted by molar-refractivity contribution is 0.632. The Morgan fingerprint density at radius 2 is 2.31 bits per heavy atom. The Balaban J connectivity index is 1.90. The molecule has 1 aliphatic heterocycles. The van der Waals surface area contributed by atoms with Crippen molar-refractivity contribution in [1.82, 2.24) is 0 Å². The van der Waals surface area contributed by atoms with Crippen LogP contribution in [0.3, 0.4) is 0 Å². The molecule has 1 atom stereocenters. The maximum Gasteiger partial charge on any atom is 0.0381 e. The first kappa shape index (κ1) is 11.6. The van der Waals surface area contributed by atoms with E-state index >= 15 is 0 Å². The van der Waals surface area contributed by atoms with Crippen molar-refractivity contribution in [3.63, 3.8) is 0 Å². The molecule has 0 spiro atoms. The van der Waals surface area contributed by atoms with E-state index in [1.165, 1.54) is 29.3 Å². The van der Waals surface area contributed by atoms with E-state index in [1.54, 1.807) is 0 Å². The van der Waals surface area contributed by atoms with Crippen molar-refractivity contribution in [2.24, 2.45) is 5.92 Å². The molecule has 1 saturated heterocycles. The topological polar surface area (TPSA) is 15.3 Å². The lowest BCUT2D eigenvalue weighted by Gasteiger charge is -2.15. The monoisotopic (exact) mass is 236 g/mol. The van der Waals surface area contributed by atoms with Gasteiger partial charge in [-0.1, -0.05) is 6.07 Å². The maximum atomic E-state index is 3.54. The minimum absolute atomic E-state index is 0.855. The molecule has 1 aliphatic rings. The molecule has 2 nitrogen and oxygen atoms in total. The van der Waals surface area contributed by atoms with Gasteiger partial charge < -0.3 is 10.2 Å². The Labute approximate surface area is 102 Å². The van der Waals surface area contributed by atoms with Crippen LogP contribution < -0.4 is 10.2 Å². The third-order valence-electron chi connectivity index (χ3n) is 2.98. The van der Waals surface area contributed by atoms with E-state index in [-0.39, 0.29) is 0 Å². The predicted octanol–water partition coefficient (Wildman–Crippen LogP) is 2.92. The summed E-state index contributed by atoms with van der Waals surface area (Å²) in [6.45, 7) is 1.11. The summed E-state index contributed by atoms with van der Waals surface area (Å²) in [7, 11) is 4.15. The fourth-order valence-electron chi connectivity index (χ4n) is 1.90. The van der Waals surface area contributed by atoms with Gasteiger partial charge in [0.15, 0.2) is 0 Å². The minimum Gasteiger partial charge on any atom is -0.385 e. The minimum atomic E-state index is 0.855. The molecule has 1 aromatic rings. The van der Waals surface area contributed by atoms with Crippen LogP contribution in [0.1, 0.15) is 6.42 Å². The third kappa shape index (κ3) is 3.08. The average molecular weight is 236 g/mol. The number of thioether (sulfide) groups is 1. The molecule has 2 rings (SSSR count). The standard InChI is InChI=1S/C13H20N2S/c1-15(2)13-5-3-4-12(8-13)14-9-11-6-7-16-10-11/h3-5,8,11,14H,6-7,9-10H2,1-2H3. The number of nitrogens with zero attached hydrogens (tertiary/aromatic N) is 1. The van der Waals surface area contributed by atoms with Crippen LogP contribution in [0.4, 0.5) is 11.4 Å². The Morgan fingerprint density at radius 3 is 3.00 bits per heavy atom. The zero-order chi connectivity index (χ0) is 11.4. The Hall–Kier alpha value is -0.830. The van der Waals surface area contributed by atoms with E-state index in [0.717, 1.165) is 12.5 Å². The highest BCUT2D eigenvalue weighted by molar-refractivity contribution is 7.99. The molecule has 1 N–H and O–H groups in total. The summed E-state index contributed by atoms with van der Waals surface area (Å²) in [6, 6.07) is 8.61. The summed E-state index contributed by atoms with van der Waals surface area (Å²) < 4.78 is 0. The zero-order valence-electron chi connectivity index (χ0n) is 10.1. The van der Waals surface area contributed by atoms with Crippen molar-refractivity contribution in [2.45, 2.75) is 6.42 Å². The number of benzene rings is 1. The van der Waals surface area contributed by atoms with E-state index in [1.807, 2.05) is 0 Å². The van der Waals surface area contributed by atoms with E-state index in [2.05, 4.69) is 60.3 Å². The van der Waals surface area contributed by atoms with Gasteiger partial charge in [0.25, 0.3) is 0 Å². The first-order chi connectivity index (χ1) is 7.75. The first-order valence-corrected chi connectivity index (χ1v) is 7.00. The highest BCUT2D eigenvalue weighted by atomic mass is 32.2. The summed E-state index contributed by atoms with van der Waals surface area (Å²) in [5.41, 5.74) is 2.49. The van der Waals surface area contributed by atoms with Crippen molar-refractivity contribution in [2.75, 3.05) is 42.4 Å². The summed E-state index contributed by atoms with van der Waals surface area (Å²) in [5, 5.41) is 3.54. The number of nitrogens with one attached hydrogen (secondary N) is 1. The van der Waals surface area contributed by atoms with Gasteiger partial charge in [-0.15, -0.1) is 0 Å². The Kier molecular flexibility index (Phi) is 3.99. The van der Waals surface area contributed by atoms with Crippen molar-refractivity contribution in [1.29, 1.82) is 0 Å². The Morgan fingerprint density at radius 1 is 1.44 bits per heavy atom. The van der Waals surface area contributed by atoms with Crippen LogP contribution in [-0.2, 0) is 0 Å². The van der Waals surface area contributed by atoms with E-state index in [4.69, 9.17) is 0 Å². The second kappa shape index (κ2) is 5.48. The molecule has 0 aromatic heterocycles. The van der Waals surface area contributed by atoms with Crippen LogP contribution in [0.2, 0.25) is 0 Å². The van der Waals surface area contributed by atoms with Crippen LogP contribution in [0.15, 0.2) is 24.3 Å². The molecule has 0 amide bonds. The lowest BCUT2D eigenvalue weighted by Crippen LogP contribution is -2.14. The van der Waals surface area contributed by atoms with Crippen LogP contribution >= 0.6 is 11.8 Å². The van der Waals surface area contributed by atoms with Gasteiger partial charge in [0.2, 0.25) is 0 Å². The normalized spacial score (nSPS) is 19.8. The largest absolute Gasteiger partial charge is 0.385 e. The van der Waals surface area contributed by atoms with Crippen molar-refractivity contribution in [3.8, 4) is 0 Å². The van der Waals surface area contributed by atoms with E-state index in [9.17, 15) is 0 Å². The van der Waals surface area contributed by atoms with Gasteiger partial charge in [-0.2, -0.15) is 11.8 Å². The zero-order valence-corrected chi connectivity index (χ0v) is 10.9. The van der Waals surface area contributed by atoms with Gasteiger partial charge in [0, 0.05) is 32.0 Å². The molecule has 1 fully saturated rings. The SMILES string of the molecule is CN(C)c1cccc(NCC2CCSC2)c1. The fourth-order valence-corrected chi connectivity index (χ4v) is 3.19. The van der Waals surface area contributed by atoms with E-state index in [0.29, 0.717) is 0 Å². The summed E-state index contributed by atoms with van der Waals surface area (Å²) in [5.74, 6) is 3.51. The average Bonchev–Trinajstić information content (AvgIpc) is 2.79. The smallest absolute Gasteiger partial charge is 0.0381 e. The fraction of sp³-hybridized carbons (Fsp3) is 0.538. The van der Waals surface area contributed by atoms with Crippen LogP contribution in [-0.4, -0.2) is 32.1 Å². The van der Waals surface area contributed by atoms with Crippen LogP contribution in [0.25, 0.3) is 0 Å². The third-order valence-corrected chi connectivity index (χ3v) is 4.21. The molecule has 1 unspecified atom stereocenters. The summed E-state index contributed by atoms with van der Waals surface area (Å²) in [6.07, 6.45) is 1.37. The van der Waals surface area contributed by atoms with Gasteiger partial charge >= 0.3 is 0 Å². The number of rotatable bonds is 4. The molecule has 1 aromatic carbocycles. The second-order valence-corrected chi connectivity index (χ2v) is 5.71. The Bertz CT molecular complexity index is 332. The van der Waals surface area contributed by atoms with Gasteiger partial charge in [0.05, 0.1) is 0 Å². The van der Waals surface area contributed by atoms with Crippen molar-refractivity contribution in [3.05, 3.63) is 24.3 Å². The molecule has 0 radical (unpaired) electrons. The molecule has 3 heteroatoms. The van der Waals surface area contributed by atoms with Crippen molar-refractivity contribution < 1.29 is 0 Å². The molecule has 1 heterocycles. The quantitative estimate of drug-likeness (QED) is 0.865. The highest BCUT2D eigenvalue weighted by Crippen LogP contribution is 2.24. The summed E-state index contributed by atoms with van der Waals surface area (Å²) in [4.78, 5) is 2.14. The molecule has 0 bridgehead atoms. The van der Waals surface area contributed by atoms with Crippen molar-refractivity contribution >= 4 is 23.1 Å². The molecule has 16 heavy (non-hydrogen) atoms. The van der Waals surface area contributed by atoms with E-state index < -0.39 is 0 Å². The number of hydrogen-bond acceptors (Lipinski definition) is 3. The predicted molar refractivity (Wildman–Crippen MR) is 74.7 cm³/mol. The van der Waals surface area contributed by atoms with Crippen LogP contribution in [0, 0.1) is 5.92 Å². The molecular formula is C13H20N2S. The maximum absolute atomic E-state index is 3.54. The summed E-state index contributed by atoms with van der Waals surface area (Å²) >= 11 is 2.08. The lowest BCUT2D eigenvalue weighted by atomic mass is 10.1. The highest BCUT2D eigenvalue weighted by Gasteiger charge is 2.14. The van der Waals surface area contributed by atoms with Gasteiger partial charge in [-0.25, -0.2) is 0 Å². The number of anilines is 2. The molecule has 88 valence electrons. The molecule has 0 saturated carbocycles. The molecular weight excluding hydrogens is 216 g/mol.